The Morgan fingerprint density at radius 1 is 1.41 bits per heavy atom. The van der Waals surface area contributed by atoms with Crippen molar-refractivity contribution in [1.29, 1.82) is 0 Å². The zero-order chi connectivity index (χ0) is 15.5. The summed E-state index contributed by atoms with van der Waals surface area (Å²) >= 11 is 0. The third kappa shape index (κ3) is 2.92. The van der Waals surface area contributed by atoms with Gasteiger partial charge >= 0.3 is 6.03 Å². The number of nitrogens with one attached hydrogen (secondary N) is 1. The monoisotopic (exact) mass is 303 g/mol. The number of hydrogen-bond donors (Lipinski definition) is 1. The Kier molecular flexibility index (Phi) is 4.29. The normalized spacial score (nSPS) is 22.0. The van der Waals surface area contributed by atoms with Crippen LogP contribution in [0.5, 0.6) is 5.75 Å². The SMILES string of the molecule is COc1cccc([C@@H]2CCCN2CC(=O)N2CCNC2=O)c1. The number of methoxy groups -OCH3 is 1. The second-order valence-electron chi connectivity index (χ2n) is 5.68. The lowest BCUT2D eigenvalue weighted by atomic mass is 10.0. The maximum Gasteiger partial charge on any atom is 0.324 e. The van der Waals surface area contributed by atoms with Crippen LogP contribution in [0.3, 0.4) is 0 Å². The van der Waals surface area contributed by atoms with Gasteiger partial charge < -0.3 is 10.1 Å². The standard InChI is InChI=1S/C16H21N3O3/c1-22-13-5-2-4-12(10-13)14-6-3-8-18(14)11-15(20)19-9-7-17-16(19)21/h2,4-5,10,14H,3,6-9,11H2,1H3,(H,17,21)/t14-/m0/s1. The first-order valence-corrected chi connectivity index (χ1v) is 7.65. The van der Waals surface area contributed by atoms with Gasteiger partial charge in [-0.2, -0.15) is 0 Å². The lowest BCUT2D eigenvalue weighted by molar-refractivity contribution is -0.129. The van der Waals surface area contributed by atoms with Crippen LogP contribution in [0.1, 0.15) is 24.4 Å². The quantitative estimate of drug-likeness (QED) is 0.913. The van der Waals surface area contributed by atoms with Crippen LogP contribution in [0, 0.1) is 0 Å². The van der Waals surface area contributed by atoms with Gasteiger partial charge in [0.05, 0.1) is 13.7 Å². The first kappa shape index (κ1) is 14.8. The van der Waals surface area contributed by atoms with Gasteiger partial charge in [-0.3, -0.25) is 14.6 Å². The Bertz CT molecular complexity index is 576. The van der Waals surface area contributed by atoms with Gasteiger partial charge in [-0.1, -0.05) is 12.1 Å². The molecule has 2 aliphatic heterocycles. The molecule has 118 valence electrons. The number of carbonyl (C=O) groups is 2. The highest BCUT2D eigenvalue weighted by Gasteiger charge is 2.32. The number of benzene rings is 1. The fourth-order valence-electron chi connectivity index (χ4n) is 3.21. The van der Waals surface area contributed by atoms with Gasteiger partial charge in [-0.25, -0.2) is 4.79 Å². The second-order valence-corrected chi connectivity index (χ2v) is 5.68. The molecule has 0 bridgehead atoms. The van der Waals surface area contributed by atoms with Crippen LogP contribution in [0.15, 0.2) is 24.3 Å². The molecule has 1 N–H and O–H groups in total. The highest BCUT2D eigenvalue weighted by atomic mass is 16.5. The van der Waals surface area contributed by atoms with E-state index in [1.54, 1.807) is 7.11 Å². The van der Waals surface area contributed by atoms with E-state index in [9.17, 15) is 9.59 Å². The largest absolute Gasteiger partial charge is 0.497 e. The first-order valence-electron chi connectivity index (χ1n) is 7.65. The van der Waals surface area contributed by atoms with Gasteiger partial charge in [-0.15, -0.1) is 0 Å². The summed E-state index contributed by atoms with van der Waals surface area (Å²) in [4.78, 5) is 27.4. The van der Waals surface area contributed by atoms with E-state index in [0.29, 0.717) is 13.1 Å². The number of ether oxygens (including phenoxy) is 1. The Balaban J connectivity index is 1.70. The highest BCUT2D eigenvalue weighted by Crippen LogP contribution is 2.33. The van der Waals surface area contributed by atoms with Gasteiger partial charge in [0.15, 0.2) is 0 Å². The smallest absolute Gasteiger partial charge is 0.324 e. The van der Waals surface area contributed by atoms with Crippen LogP contribution >= 0.6 is 0 Å². The van der Waals surface area contributed by atoms with Crippen molar-refractivity contribution in [2.24, 2.45) is 0 Å². The van der Waals surface area contributed by atoms with E-state index in [-0.39, 0.29) is 24.5 Å². The number of carbonyl (C=O) groups excluding carboxylic acids is 2. The minimum absolute atomic E-state index is 0.121. The van der Waals surface area contributed by atoms with E-state index in [1.165, 1.54) is 4.90 Å². The number of urea groups is 1. The number of likely N-dealkylation sites (tertiary alicyclic amines) is 1. The molecule has 0 radical (unpaired) electrons. The average molecular weight is 303 g/mol. The average Bonchev–Trinajstić information content (AvgIpc) is 3.16. The van der Waals surface area contributed by atoms with Crippen LogP contribution in [0.25, 0.3) is 0 Å². The van der Waals surface area contributed by atoms with Gasteiger partial charge in [0.25, 0.3) is 0 Å². The number of rotatable bonds is 4. The van der Waals surface area contributed by atoms with Crippen LogP contribution in [-0.2, 0) is 4.79 Å². The number of hydrogen-bond acceptors (Lipinski definition) is 4. The Morgan fingerprint density at radius 3 is 3.00 bits per heavy atom. The van der Waals surface area contributed by atoms with Gasteiger partial charge in [0, 0.05) is 19.1 Å². The van der Waals surface area contributed by atoms with E-state index in [4.69, 9.17) is 4.74 Å². The Morgan fingerprint density at radius 2 is 2.27 bits per heavy atom. The van der Waals surface area contributed by atoms with Crippen LogP contribution < -0.4 is 10.1 Å². The second kappa shape index (κ2) is 6.36. The van der Waals surface area contributed by atoms with Crippen LogP contribution in [0.2, 0.25) is 0 Å². The molecule has 3 rings (SSSR count). The molecule has 2 heterocycles. The van der Waals surface area contributed by atoms with Crippen molar-refractivity contribution >= 4 is 11.9 Å². The van der Waals surface area contributed by atoms with Crippen molar-refractivity contribution in [1.82, 2.24) is 15.1 Å². The molecule has 6 heteroatoms. The summed E-state index contributed by atoms with van der Waals surface area (Å²) < 4.78 is 5.28. The minimum atomic E-state index is -0.276. The topological polar surface area (TPSA) is 61.9 Å². The first-order chi connectivity index (χ1) is 10.7. The Hall–Kier alpha value is -2.08. The summed E-state index contributed by atoms with van der Waals surface area (Å²) in [7, 11) is 1.65. The summed E-state index contributed by atoms with van der Waals surface area (Å²) in [5, 5.41) is 2.66. The molecule has 1 atom stereocenters. The Labute approximate surface area is 130 Å². The molecule has 2 aliphatic rings. The van der Waals surface area contributed by atoms with Crippen molar-refractivity contribution in [2.75, 3.05) is 33.3 Å². The number of imide groups is 1. The molecular weight excluding hydrogens is 282 g/mol. The fourth-order valence-corrected chi connectivity index (χ4v) is 3.21. The van der Waals surface area contributed by atoms with Crippen molar-refractivity contribution in [2.45, 2.75) is 18.9 Å². The molecule has 2 saturated heterocycles. The summed E-state index contributed by atoms with van der Waals surface area (Å²) in [5.74, 6) is 0.708. The van der Waals surface area contributed by atoms with E-state index in [2.05, 4.69) is 16.3 Å². The van der Waals surface area contributed by atoms with Crippen LogP contribution in [-0.4, -0.2) is 55.0 Å². The van der Waals surface area contributed by atoms with E-state index in [0.717, 1.165) is 30.7 Å². The zero-order valence-corrected chi connectivity index (χ0v) is 12.7. The van der Waals surface area contributed by atoms with Crippen molar-refractivity contribution in [3.05, 3.63) is 29.8 Å². The molecule has 0 spiro atoms. The van der Waals surface area contributed by atoms with Crippen molar-refractivity contribution < 1.29 is 14.3 Å². The zero-order valence-electron chi connectivity index (χ0n) is 12.7. The molecular formula is C16H21N3O3. The fraction of sp³-hybridized carbons (Fsp3) is 0.500. The maximum absolute atomic E-state index is 12.3. The van der Waals surface area contributed by atoms with Gasteiger partial charge in [-0.05, 0) is 37.1 Å². The molecule has 22 heavy (non-hydrogen) atoms. The van der Waals surface area contributed by atoms with Crippen molar-refractivity contribution in [3.8, 4) is 5.75 Å². The van der Waals surface area contributed by atoms with E-state index >= 15 is 0 Å². The summed E-state index contributed by atoms with van der Waals surface area (Å²) in [6, 6.07) is 7.92. The van der Waals surface area contributed by atoms with Crippen LogP contribution in [0.4, 0.5) is 4.79 Å². The molecule has 6 nitrogen and oxygen atoms in total. The molecule has 2 fully saturated rings. The molecule has 3 amide bonds. The highest BCUT2D eigenvalue weighted by molar-refractivity contribution is 5.96. The summed E-state index contributed by atoms with van der Waals surface area (Å²) in [5.41, 5.74) is 1.16. The summed E-state index contributed by atoms with van der Waals surface area (Å²) in [6.45, 7) is 2.18. The van der Waals surface area contributed by atoms with Gasteiger partial charge in [0.2, 0.25) is 5.91 Å². The molecule has 0 aliphatic carbocycles. The number of amides is 3. The molecule has 1 aromatic rings. The van der Waals surface area contributed by atoms with Gasteiger partial charge in [0.1, 0.15) is 5.75 Å². The third-order valence-corrected chi connectivity index (χ3v) is 4.34. The third-order valence-electron chi connectivity index (χ3n) is 4.34. The molecule has 1 aromatic carbocycles. The summed E-state index contributed by atoms with van der Waals surface area (Å²) in [6.07, 6.45) is 2.08. The predicted molar refractivity (Wildman–Crippen MR) is 81.7 cm³/mol. The van der Waals surface area contributed by atoms with E-state index in [1.807, 2.05) is 18.2 Å². The van der Waals surface area contributed by atoms with Crippen molar-refractivity contribution in [3.63, 3.8) is 0 Å². The predicted octanol–water partition coefficient (Wildman–Crippen LogP) is 1.38. The van der Waals surface area contributed by atoms with E-state index < -0.39 is 0 Å². The minimum Gasteiger partial charge on any atom is -0.497 e. The maximum atomic E-state index is 12.3. The molecule has 0 saturated carbocycles. The molecule has 0 aromatic heterocycles. The molecule has 0 unspecified atom stereocenters. The lowest BCUT2D eigenvalue weighted by Gasteiger charge is -2.26. The number of nitrogens with zero attached hydrogens (tertiary/aromatic N) is 2. The lowest BCUT2D eigenvalue weighted by Crippen LogP contribution is -2.41.